The summed E-state index contributed by atoms with van der Waals surface area (Å²) in [4.78, 5) is 11.8. The average molecular weight is 297 g/mol. The summed E-state index contributed by atoms with van der Waals surface area (Å²) in [6.45, 7) is 2.04. The molecule has 0 aliphatic heterocycles. The van der Waals surface area contributed by atoms with Crippen LogP contribution in [0.1, 0.15) is 24.3 Å². The zero-order valence-electron chi connectivity index (χ0n) is 10.3. The van der Waals surface area contributed by atoms with Crippen LogP contribution in [-0.4, -0.2) is 4.92 Å². The summed E-state index contributed by atoms with van der Waals surface area (Å²) in [6, 6.07) is 8.95. The van der Waals surface area contributed by atoms with Crippen LogP contribution in [0.4, 0.5) is 11.4 Å². The Kier molecular flexibility index (Phi) is 4.39. The zero-order chi connectivity index (χ0) is 13.8. The lowest BCUT2D eigenvalue weighted by atomic mass is 10.1. The fourth-order valence-corrected chi connectivity index (χ4v) is 2.97. The first-order chi connectivity index (χ1) is 9.13. The summed E-state index contributed by atoms with van der Waals surface area (Å²) in [7, 11) is 0. The smallest absolute Gasteiger partial charge is 0.310 e. The Morgan fingerprint density at radius 2 is 2.21 bits per heavy atom. The minimum Gasteiger partial charge on any atom is -0.372 e. The standard InChI is InChI=1S/C13H13ClN2O2S/c1-2-10(12-7-4-8-19-12)15-11-6-3-5-9(14)13(11)16(17)18/h3-8,10,15H,2H2,1H3. The number of nitrogens with one attached hydrogen (secondary N) is 1. The second-order valence-corrected chi connectivity index (χ2v) is 5.40. The fourth-order valence-electron chi connectivity index (χ4n) is 1.87. The van der Waals surface area contributed by atoms with Gasteiger partial charge in [0.05, 0.1) is 11.0 Å². The number of nitrogens with zero attached hydrogens (tertiary/aromatic N) is 1. The Morgan fingerprint density at radius 1 is 1.42 bits per heavy atom. The van der Waals surface area contributed by atoms with E-state index in [1.165, 1.54) is 6.07 Å². The molecule has 0 aliphatic carbocycles. The van der Waals surface area contributed by atoms with E-state index in [1.54, 1.807) is 23.5 Å². The molecule has 0 bridgehead atoms. The molecule has 1 unspecified atom stereocenters. The van der Waals surface area contributed by atoms with Crippen molar-refractivity contribution in [2.24, 2.45) is 0 Å². The Hall–Kier alpha value is -1.59. The molecular weight excluding hydrogens is 284 g/mol. The summed E-state index contributed by atoms with van der Waals surface area (Å²) in [6.07, 6.45) is 0.837. The maximum atomic E-state index is 11.1. The fraction of sp³-hybridized carbons (Fsp3) is 0.231. The highest BCUT2D eigenvalue weighted by Crippen LogP contribution is 2.35. The number of halogens is 1. The topological polar surface area (TPSA) is 55.2 Å². The Labute approximate surface area is 120 Å². The molecule has 0 spiro atoms. The summed E-state index contributed by atoms with van der Waals surface area (Å²) in [5.41, 5.74) is 0.386. The number of para-hydroxylation sites is 1. The van der Waals surface area contributed by atoms with Gasteiger partial charge in [0.15, 0.2) is 0 Å². The molecule has 19 heavy (non-hydrogen) atoms. The molecule has 1 aromatic heterocycles. The van der Waals surface area contributed by atoms with Crippen LogP contribution in [0, 0.1) is 10.1 Å². The van der Waals surface area contributed by atoms with E-state index in [1.807, 2.05) is 24.4 Å². The highest BCUT2D eigenvalue weighted by Gasteiger charge is 2.21. The number of hydrogen-bond donors (Lipinski definition) is 1. The lowest BCUT2D eigenvalue weighted by Gasteiger charge is -2.17. The summed E-state index contributed by atoms with van der Waals surface area (Å²) >= 11 is 7.52. The molecule has 1 aromatic carbocycles. The van der Waals surface area contributed by atoms with Crippen molar-refractivity contribution in [2.45, 2.75) is 19.4 Å². The van der Waals surface area contributed by atoms with Crippen LogP contribution in [0.2, 0.25) is 5.02 Å². The predicted octanol–water partition coefficient (Wildman–Crippen LogP) is 4.87. The van der Waals surface area contributed by atoms with Crippen molar-refractivity contribution in [3.63, 3.8) is 0 Å². The van der Waals surface area contributed by atoms with Gasteiger partial charge < -0.3 is 5.32 Å². The van der Waals surface area contributed by atoms with Crippen molar-refractivity contribution in [3.05, 3.63) is 55.7 Å². The molecule has 6 heteroatoms. The number of nitro groups is 1. The maximum absolute atomic E-state index is 11.1. The molecule has 100 valence electrons. The highest BCUT2D eigenvalue weighted by atomic mass is 35.5. The molecule has 0 fully saturated rings. The molecule has 2 rings (SSSR count). The zero-order valence-corrected chi connectivity index (χ0v) is 11.9. The molecular formula is C13H13ClN2O2S. The third-order valence-electron chi connectivity index (χ3n) is 2.79. The van der Waals surface area contributed by atoms with Crippen LogP contribution in [0.15, 0.2) is 35.7 Å². The van der Waals surface area contributed by atoms with Crippen LogP contribution in [-0.2, 0) is 0 Å². The van der Waals surface area contributed by atoms with Gasteiger partial charge in [-0.05, 0) is 30.0 Å². The minimum atomic E-state index is -0.453. The van der Waals surface area contributed by atoms with Crippen molar-refractivity contribution >= 4 is 34.3 Å². The molecule has 0 saturated carbocycles. The lowest BCUT2D eigenvalue weighted by molar-refractivity contribution is -0.383. The largest absolute Gasteiger partial charge is 0.372 e. The van der Waals surface area contributed by atoms with Gasteiger partial charge in [-0.15, -0.1) is 11.3 Å². The van der Waals surface area contributed by atoms with Crippen LogP contribution in [0.5, 0.6) is 0 Å². The van der Waals surface area contributed by atoms with Crippen LogP contribution in [0.3, 0.4) is 0 Å². The highest BCUT2D eigenvalue weighted by molar-refractivity contribution is 7.10. The monoisotopic (exact) mass is 296 g/mol. The predicted molar refractivity (Wildman–Crippen MR) is 79.1 cm³/mol. The number of benzene rings is 1. The summed E-state index contributed by atoms with van der Waals surface area (Å²) < 4.78 is 0. The molecule has 1 heterocycles. The molecule has 0 radical (unpaired) electrons. The minimum absolute atomic E-state index is 0.0529. The van der Waals surface area contributed by atoms with Crippen molar-refractivity contribution in [1.29, 1.82) is 0 Å². The van der Waals surface area contributed by atoms with E-state index in [-0.39, 0.29) is 16.8 Å². The Bertz CT molecular complexity index is 572. The Morgan fingerprint density at radius 3 is 2.79 bits per heavy atom. The van der Waals surface area contributed by atoms with Crippen molar-refractivity contribution in [2.75, 3.05) is 5.32 Å². The quantitative estimate of drug-likeness (QED) is 0.632. The molecule has 0 amide bonds. The van der Waals surface area contributed by atoms with E-state index in [0.717, 1.165) is 11.3 Å². The van der Waals surface area contributed by atoms with Gasteiger partial charge in [0.25, 0.3) is 0 Å². The first-order valence-electron chi connectivity index (χ1n) is 5.86. The second-order valence-electron chi connectivity index (χ2n) is 4.01. The second kappa shape index (κ2) is 6.04. The van der Waals surface area contributed by atoms with Crippen LogP contribution in [0.25, 0.3) is 0 Å². The van der Waals surface area contributed by atoms with Crippen molar-refractivity contribution < 1.29 is 4.92 Å². The lowest BCUT2D eigenvalue weighted by Crippen LogP contribution is -2.09. The van der Waals surface area contributed by atoms with Gasteiger partial charge in [0.1, 0.15) is 10.7 Å². The van der Waals surface area contributed by atoms with Gasteiger partial charge in [0.2, 0.25) is 0 Å². The molecule has 0 saturated heterocycles. The normalized spacial score (nSPS) is 12.1. The SMILES string of the molecule is CCC(Nc1cccc(Cl)c1[N+](=O)[O-])c1cccs1. The van der Waals surface area contributed by atoms with E-state index in [0.29, 0.717) is 5.69 Å². The van der Waals surface area contributed by atoms with Crippen molar-refractivity contribution in [3.8, 4) is 0 Å². The third kappa shape index (κ3) is 3.05. The first-order valence-corrected chi connectivity index (χ1v) is 7.12. The molecule has 2 aromatic rings. The van der Waals surface area contributed by atoms with E-state index in [2.05, 4.69) is 5.32 Å². The van der Waals surface area contributed by atoms with E-state index in [4.69, 9.17) is 11.6 Å². The molecule has 1 N–H and O–H groups in total. The van der Waals surface area contributed by atoms with Gasteiger partial charge in [-0.3, -0.25) is 10.1 Å². The average Bonchev–Trinajstić information content (AvgIpc) is 2.89. The van der Waals surface area contributed by atoms with Gasteiger partial charge in [0, 0.05) is 4.88 Å². The Balaban J connectivity index is 2.32. The van der Waals surface area contributed by atoms with Crippen LogP contribution >= 0.6 is 22.9 Å². The molecule has 0 aliphatic rings. The molecule has 1 atom stereocenters. The van der Waals surface area contributed by atoms with E-state index < -0.39 is 4.92 Å². The third-order valence-corrected chi connectivity index (χ3v) is 4.08. The van der Waals surface area contributed by atoms with Crippen LogP contribution < -0.4 is 5.32 Å². The van der Waals surface area contributed by atoms with Crippen molar-refractivity contribution in [1.82, 2.24) is 0 Å². The number of thiophene rings is 1. The number of nitro benzene ring substituents is 1. The molecule has 4 nitrogen and oxygen atoms in total. The number of anilines is 1. The van der Waals surface area contributed by atoms with Gasteiger partial charge in [-0.1, -0.05) is 30.7 Å². The summed E-state index contributed by atoms with van der Waals surface area (Å²) in [5, 5.41) is 16.4. The van der Waals surface area contributed by atoms with Gasteiger partial charge in [-0.2, -0.15) is 0 Å². The maximum Gasteiger partial charge on any atom is 0.310 e. The van der Waals surface area contributed by atoms with Gasteiger partial charge in [-0.25, -0.2) is 0 Å². The first kappa shape index (κ1) is 13.8. The summed E-state index contributed by atoms with van der Waals surface area (Å²) in [5.74, 6) is 0. The van der Waals surface area contributed by atoms with E-state index >= 15 is 0 Å². The number of hydrogen-bond acceptors (Lipinski definition) is 4. The number of rotatable bonds is 5. The van der Waals surface area contributed by atoms with Gasteiger partial charge >= 0.3 is 5.69 Å². The van der Waals surface area contributed by atoms with E-state index in [9.17, 15) is 10.1 Å².